The minimum atomic E-state index is -0.0362. The maximum atomic E-state index is 6.36. The van der Waals surface area contributed by atoms with Crippen LogP contribution in [0.2, 0.25) is 0 Å². The Labute approximate surface area is 129 Å². The normalized spacial score (nSPS) is 19.7. The molecule has 1 aromatic carbocycles. The van der Waals surface area contributed by atoms with Crippen molar-refractivity contribution >= 4 is 0 Å². The summed E-state index contributed by atoms with van der Waals surface area (Å²) in [4.78, 5) is 0. The van der Waals surface area contributed by atoms with E-state index in [2.05, 4.69) is 38.2 Å². The molecular weight excluding hydrogens is 262 g/mol. The molecule has 0 aromatic heterocycles. The molecule has 1 aromatic rings. The summed E-state index contributed by atoms with van der Waals surface area (Å²) in [6.07, 6.45) is 5.54. The standard InChI is InChI=1S/C18H29NO2/c1-5-8-11-19-16-13-18(6-2,7-3)21-17-10-9-14(20-4)12-15(16)17/h9-10,12,16,19H,5-8,11,13H2,1-4H3. The molecule has 3 nitrogen and oxygen atoms in total. The summed E-state index contributed by atoms with van der Waals surface area (Å²) in [7, 11) is 1.72. The van der Waals surface area contributed by atoms with Crippen molar-refractivity contribution in [3.63, 3.8) is 0 Å². The lowest BCUT2D eigenvalue weighted by atomic mass is 9.83. The van der Waals surface area contributed by atoms with Crippen molar-refractivity contribution in [2.45, 2.75) is 64.5 Å². The first-order valence-electron chi connectivity index (χ1n) is 8.28. The van der Waals surface area contributed by atoms with Crippen LogP contribution in [0.4, 0.5) is 0 Å². The van der Waals surface area contributed by atoms with Crippen LogP contribution in [-0.4, -0.2) is 19.3 Å². The average Bonchev–Trinajstić information content (AvgIpc) is 2.54. The molecule has 1 N–H and O–H groups in total. The van der Waals surface area contributed by atoms with E-state index in [1.807, 2.05) is 6.07 Å². The van der Waals surface area contributed by atoms with E-state index in [0.29, 0.717) is 6.04 Å². The van der Waals surface area contributed by atoms with Crippen LogP contribution >= 0.6 is 0 Å². The summed E-state index contributed by atoms with van der Waals surface area (Å²) in [6.45, 7) is 7.73. The number of rotatable bonds is 7. The fraction of sp³-hybridized carbons (Fsp3) is 0.667. The largest absolute Gasteiger partial charge is 0.497 e. The molecule has 0 saturated heterocycles. The van der Waals surface area contributed by atoms with Gasteiger partial charge in [0.25, 0.3) is 0 Å². The quantitative estimate of drug-likeness (QED) is 0.752. The molecule has 118 valence electrons. The Balaban J connectivity index is 2.28. The maximum absolute atomic E-state index is 6.36. The fourth-order valence-electron chi connectivity index (χ4n) is 3.09. The Hall–Kier alpha value is -1.22. The van der Waals surface area contributed by atoms with Crippen LogP contribution in [0.1, 0.15) is 64.5 Å². The molecular formula is C18H29NO2. The molecule has 1 aliphatic heterocycles. The van der Waals surface area contributed by atoms with Gasteiger partial charge in [-0.05, 0) is 44.0 Å². The van der Waals surface area contributed by atoms with Gasteiger partial charge in [0.1, 0.15) is 17.1 Å². The highest BCUT2D eigenvalue weighted by Crippen LogP contribution is 2.43. The predicted octanol–water partition coefficient (Wildman–Crippen LogP) is 4.47. The third-order valence-electron chi connectivity index (χ3n) is 4.70. The van der Waals surface area contributed by atoms with Gasteiger partial charge >= 0.3 is 0 Å². The summed E-state index contributed by atoms with van der Waals surface area (Å²) >= 11 is 0. The zero-order valence-corrected chi connectivity index (χ0v) is 13.9. The van der Waals surface area contributed by atoms with Crippen molar-refractivity contribution < 1.29 is 9.47 Å². The summed E-state index contributed by atoms with van der Waals surface area (Å²) in [5, 5.41) is 3.72. The Kier molecular flexibility index (Phi) is 5.51. The number of methoxy groups -OCH3 is 1. The fourth-order valence-corrected chi connectivity index (χ4v) is 3.09. The second-order valence-electron chi connectivity index (χ2n) is 5.96. The summed E-state index contributed by atoms with van der Waals surface area (Å²) < 4.78 is 11.7. The van der Waals surface area contributed by atoms with E-state index < -0.39 is 0 Å². The van der Waals surface area contributed by atoms with E-state index >= 15 is 0 Å². The van der Waals surface area contributed by atoms with Gasteiger partial charge in [-0.3, -0.25) is 0 Å². The number of nitrogens with one attached hydrogen (secondary N) is 1. The number of ether oxygens (including phenoxy) is 2. The highest BCUT2D eigenvalue weighted by atomic mass is 16.5. The molecule has 0 aliphatic carbocycles. The second kappa shape index (κ2) is 7.17. The number of hydrogen-bond acceptors (Lipinski definition) is 3. The number of benzene rings is 1. The van der Waals surface area contributed by atoms with Gasteiger partial charge in [-0.1, -0.05) is 27.2 Å². The Bertz CT molecular complexity index is 455. The Morgan fingerprint density at radius 2 is 2.05 bits per heavy atom. The SMILES string of the molecule is CCCCNC1CC(CC)(CC)Oc2ccc(OC)cc21. The van der Waals surface area contributed by atoms with Gasteiger partial charge in [0.15, 0.2) is 0 Å². The van der Waals surface area contributed by atoms with Crippen LogP contribution in [0.5, 0.6) is 11.5 Å². The van der Waals surface area contributed by atoms with Gasteiger partial charge in [0, 0.05) is 18.0 Å². The molecule has 0 amide bonds. The number of unbranched alkanes of at least 4 members (excludes halogenated alkanes) is 1. The monoisotopic (exact) mass is 291 g/mol. The molecule has 1 unspecified atom stereocenters. The van der Waals surface area contributed by atoms with Gasteiger partial charge in [-0.15, -0.1) is 0 Å². The van der Waals surface area contributed by atoms with Gasteiger partial charge in [-0.2, -0.15) is 0 Å². The molecule has 1 heterocycles. The van der Waals surface area contributed by atoms with Crippen molar-refractivity contribution in [2.75, 3.05) is 13.7 Å². The van der Waals surface area contributed by atoms with Gasteiger partial charge < -0.3 is 14.8 Å². The molecule has 2 rings (SSSR count). The third-order valence-corrected chi connectivity index (χ3v) is 4.70. The first kappa shape index (κ1) is 16.2. The molecule has 21 heavy (non-hydrogen) atoms. The van der Waals surface area contributed by atoms with Crippen molar-refractivity contribution in [1.82, 2.24) is 5.32 Å². The predicted molar refractivity (Wildman–Crippen MR) is 87.2 cm³/mol. The molecule has 0 radical (unpaired) electrons. The minimum absolute atomic E-state index is 0.0362. The lowest BCUT2D eigenvalue weighted by Crippen LogP contribution is -2.43. The van der Waals surface area contributed by atoms with E-state index in [1.54, 1.807) is 7.11 Å². The summed E-state index contributed by atoms with van der Waals surface area (Å²) in [6, 6.07) is 6.52. The van der Waals surface area contributed by atoms with Gasteiger partial charge in [-0.25, -0.2) is 0 Å². The topological polar surface area (TPSA) is 30.5 Å². The Morgan fingerprint density at radius 3 is 2.67 bits per heavy atom. The van der Waals surface area contributed by atoms with E-state index in [4.69, 9.17) is 9.47 Å². The average molecular weight is 291 g/mol. The highest BCUT2D eigenvalue weighted by Gasteiger charge is 2.38. The summed E-state index contributed by atoms with van der Waals surface area (Å²) in [5.74, 6) is 1.92. The van der Waals surface area contributed by atoms with Crippen molar-refractivity contribution in [2.24, 2.45) is 0 Å². The van der Waals surface area contributed by atoms with Crippen LogP contribution in [-0.2, 0) is 0 Å². The van der Waals surface area contributed by atoms with Gasteiger partial charge in [0.05, 0.1) is 7.11 Å². The minimum Gasteiger partial charge on any atom is -0.497 e. The summed E-state index contributed by atoms with van der Waals surface area (Å²) in [5.41, 5.74) is 1.20. The Morgan fingerprint density at radius 1 is 1.29 bits per heavy atom. The third kappa shape index (κ3) is 3.52. The van der Waals surface area contributed by atoms with E-state index in [1.165, 1.54) is 18.4 Å². The molecule has 1 aliphatic rings. The molecule has 0 fully saturated rings. The second-order valence-corrected chi connectivity index (χ2v) is 5.96. The zero-order valence-electron chi connectivity index (χ0n) is 13.9. The van der Waals surface area contributed by atoms with Crippen LogP contribution in [0.15, 0.2) is 18.2 Å². The van der Waals surface area contributed by atoms with Gasteiger partial charge in [0.2, 0.25) is 0 Å². The van der Waals surface area contributed by atoms with Crippen LogP contribution < -0.4 is 14.8 Å². The van der Waals surface area contributed by atoms with Crippen LogP contribution in [0.25, 0.3) is 0 Å². The molecule has 3 heteroatoms. The maximum Gasteiger partial charge on any atom is 0.125 e. The van der Waals surface area contributed by atoms with E-state index in [-0.39, 0.29) is 5.60 Å². The molecule has 0 bridgehead atoms. The molecule has 1 atom stereocenters. The lowest BCUT2D eigenvalue weighted by molar-refractivity contribution is 0.0227. The lowest BCUT2D eigenvalue weighted by Gasteiger charge is -2.42. The smallest absolute Gasteiger partial charge is 0.125 e. The first-order valence-corrected chi connectivity index (χ1v) is 8.28. The van der Waals surface area contributed by atoms with E-state index in [9.17, 15) is 0 Å². The van der Waals surface area contributed by atoms with Crippen molar-refractivity contribution in [3.05, 3.63) is 23.8 Å². The van der Waals surface area contributed by atoms with Crippen molar-refractivity contribution in [3.8, 4) is 11.5 Å². The van der Waals surface area contributed by atoms with Crippen LogP contribution in [0.3, 0.4) is 0 Å². The number of hydrogen-bond donors (Lipinski definition) is 1. The number of fused-ring (bicyclic) bond motifs is 1. The van der Waals surface area contributed by atoms with Crippen LogP contribution in [0, 0.1) is 0 Å². The van der Waals surface area contributed by atoms with Crippen molar-refractivity contribution in [1.29, 1.82) is 0 Å². The highest BCUT2D eigenvalue weighted by molar-refractivity contribution is 5.44. The molecule has 0 saturated carbocycles. The molecule has 0 spiro atoms. The zero-order chi connectivity index (χ0) is 15.3. The van der Waals surface area contributed by atoms with E-state index in [0.717, 1.165) is 37.3 Å². The first-order chi connectivity index (χ1) is 10.2.